The molecule has 358 valence electrons. The van der Waals surface area contributed by atoms with Crippen LogP contribution in [0.1, 0.15) is 47.2 Å². The number of halogens is 1. The first-order valence-electron chi connectivity index (χ1n) is 26.2. The van der Waals surface area contributed by atoms with E-state index in [2.05, 4.69) is 255 Å². The molecule has 2 aliphatic carbocycles. The Labute approximate surface area is 450 Å². The van der Waals surface area contributed by atoms with E-state index in [-0.39, 0.29) is 5.41 Å². The van der Waals surface area contributed by atoms with Gasteiger partial charge in [-0.15, -0.1) is 0 Å². The van der Waals surface area contributed by atoms with Gasteiger partial charge >= 0.3 is 0 Å². The van der Waals surface area contributed by atoms with Crippen molar-refractivity contribution in [3.63, 3.8) is 0 Å². The van der Waals surface area contributed by atoms with E-state index in [4.69, 9.17) is 16.0 Å². The second kappa shape index (κ2) is 16.2. The minimum atomic E-state index is -0.619. The van der Waals surface area contributed by atoms with Crippen LogP contribution in [0.25, 0.3) is 88.0 Å². The zero-order valence-corrected chi connectivity index (χ0v) is 43.3. The molecule has 12 aromatic carbocycles. The highest BCUT2D eigenvalue weighted by atomic mass is 35.5. The Hall–Kier alpha value is -8.60. The standard InChI is InChI=1S/C72H46ClNOS/c1-71(2)62-39-46(32-36-53(62)55-37-31-45-16-4-6-19-51(45)69(55)71)43-29-34-48(35-30-43)74(49-41-57(52-22-13-17-44-15-3-5-18-50(44)52)70-58(42-49)54-20-8-11-27-65(54)75-70)64-26-14-25-61-68(64)56-21-7-9-23-59(56)72(61)60-24-10-12-28-66(60)76-67-38-33-47(73)40-63(67)72/h3-42H,1-2H3. The molecule has 16 rings (SSSR count). The summed E-state index contributed by atoms with van der Waals surface area (Å²) in [5.74, 6) is 0. The monoisotopic (exact) mass is 1010 g/mol. The van der Waals surface area contributed by atoms with Gasteiger partial charge in [-0.05, 0) is 155 Å². The smallest absolute Gasteiger partial charge is 0.143 e. The maximum absolute atomic E-state index is 7.06. The van der Waals surface area contributed by atoms with Crippen molar-refractivity contribution >= 4 is 83.9 Å². The number of hydrogen-bond acceptors (Lipinski definition) is 3. The van der Waals surface area contributed by atoms with Crippen LogP contribution in [0.3, 0.4) is 0 Å². The van der Waals surface area contributed by atoms with Crippen LogP contribution in [0.2, 0.25) is 5.02 Å². The number of hydrogen-bond donors (Lipinski definition) is 0. The second-order valence-corrected chi connectivity index (χ2v) is 22.7. The molecule has 0 bridgehead atoms. The van der Waals surface area contributed by atoms with Crippen molar-refractivity contribution in [1.82, 2.24) is 0 Å². The predicted molar refractivity (Wildman–Crippen MR) is 318 cm³/mol. The molecular weight excluding hydrogens is 962 g/mol. The van der Waals surface area contributed by atoms with Crippen LogP contribution >= 0.6 is 23.4 Å². The lowest BCUT2D eigenvalue weighted by Crippen LogP contribution is -2.32. The highest BCUT2D eigenvalue weighted by Gasteiger charge is 2.51. The third-order valence-electron chi connectivity index (χ3n) is 16.9. The van der Waals surface area contributed by atoms with Crippen molar-refractivity contribution in [1.29, 1.82) is 0 Å². The molecule has 0 amide bonds. The summed E-state index contributed by atoms with van der Waals surface area (Å²) < 4.78 is 6.93. The van der Waals surface area contributed by atoms with Crippen molar-refractivity contribution in [3.05, 3.63) is 281 Å². The zero-order chi connectivity index (χ0) is 50.4. The molecule has 1 aromatic heterocycles. The van der Waals surface area contributed by atoms with E-state index in [1.807, 2.05) is 17.8 Å². The van der Waals surface area contributed by atoms with E-state index in [1.54, 1.807) is 0 Å². The van der Waals surface area contributed by atoms with Gasteiger partial charge in [-0.3, -0.25) is 0 Å². The third-order valence-corrected chi connectivity index (χ3v) is 18.3. The van der Waals surface area contributed by atoms with Crippen LogP contribution in [0.4, 0.5) is 17.1 Å². The minimum absolute atomic E-state index is 0.166. The molecule has 1 aliphatic heterocycles. The highest BCUT2D eigenvalue weighted by Crippen LogP contribution is 2.65. The van der Waals surface area contributed by atoms with Crippen molar-refractivity contribution in [3.8, 4) is 44.5 Å². The van der Waals surface area contributed by atoms with Crippen molar-refractivity contribution in [2.45, 2.75) is 34.5 Å². The minimum Gasteiger partial charge on any atom is -0.455 e. The zero-order valence-electron chi connectivity index (χ0n) is 41.7. The van der Waals surface area contributed by atoms with Crippen molar-refractivity contribution in [2.75, 3.05) is 4.90 Å². The Morgan fingerprint density at radius 2 is 1.07 bits per heavy atom. The Kier molecular flexibility index (Phi) is 9.33. The number of anilines is 3. The number of fused-ring (bicyclic) bond motifs is 18. The van der Waals surface area contributed by atoms with Crippen molar-refractivity contribution in [2.24, 2.45) is 0 Å². The average Bonchev–Trinajstić information content (AvgIpc) is 4.07. The summed E-state index contributed by atoms with van der Waals surface area (Å²) >= 11 is 8.89. The van der Waals surface area contributed by atoms with Crippen LogP contribution < -0.4 is 4.90 Å². The molecular formula is C72H46ClNOS. The number of nitrogens with zero attached hydrogens (tertiary/aromatic N) is 1. The maximum atomic E-state index is 7.06. The molecule has 0 radical (unpaired) electrons. The Balaban J connectivity index is 0.946. The SMILES string of the molecule is CC1(C)c2cc(-c3ccc(N(c4cc(-c5cccc6ccccc56)c5oc6ccccc6c5c4)c4cccc5c4-c4ccccc4C54c5ccccc5Sc5ccc(Cl)cc54)cc3)ccc2-c2ccc3ccccc3c21. The number of rotatable bonds is 5. The van der Waals surface area contributed by atoms with Gasteiger partial charge < -0.3 is 9.32 Å². The fourth-order valence-corrected chi connectivity index (χ4v) is 15.0. The van der Waals surface area contributed by atoms with Gasteiger partial charge in [0.15, 0.2) is 0 Å². The van der Waals surface area contributed by atoms with Gasteiger partial charge in [0.1, 0.15) is 11.2 Å². The normalized spacial score (nSPS) is 15.4. The van der Waals surface area contributed by atoms with Gasteiger partial charge in [-0.25, -0.2) is 0 Å². The Morgan fingerprint density at radius 3 is 1.93 bits per heavy atom. The topological polar surface area (TPSA) is 16.4 Å². The lowest BCUT2D eigenvalue weighted by Gasteiger charge is -2.40. The number of para-hydroxylation sites is 1. The van der Waals surface area contributed by atoms with E-state index >= 15 is 0 Å². The van der Waals surface area contributed by atoms with E-state index in [0.717, 1.165) is 55.2 Å². The number of benzene rings is 12. The van der Waals surface area contributed by atoms with E-state index in [0.29, 0.717) is 0 Å². The summed E-state index contributed by atoms with van der Waals surface area (Å²) in [5, 5.41) is 7.86. The molecule has 2 heterocycles. The summed E-state index contributed by atoms with van der Waals surface area (Å²) in [6.45, 7) is 4.78. The van der Waals surface area contributed by atoms with Crippen molar-refractivity contribution < 1.29 is 4.42 Å². The first-order valence-corrected chi connectivity index (χ1v) is 27.4. The molecule has 1 atom stereocenters. The van der Waals surface area contributed by atoms with Crippen LogP contribution in [-0.4, -0.2) is 0 Å². The molecule has 1 spiro atoms. The molecule has 76 heavy (non-hydrogen) atoms. The molecule has 4 heteroatoms. The first kappa shape index (κ1) is 43.8. The lowest BCUT2D eigenvalue weighted by atomic mass is 9.67. The first-order chi connectivity index (χ1) is 37.3. The Bertz CT molecular complexity index is 4620. The molecule has 3 aliphatic rings. The van der Waals surface area contributed by atoms with Gasteiger partial charge in [-0.2, -0.15) is 0 Å². The fourth-order valence-electron chi connectivity index (χ4n) is 13.7. The van der Waals surface area contributed by atoms with Gasteiger partial charge in [0.25, 0.3) is 0 Å². The summed E-state index contributed by atoms with van der Waals surface area (Å²) in [5.41, 5.74) is 21.5. The molecule has 0 N–H and O–H groups in total. The summed E-state index contributed by atoms with van der Waals surface area (Å²) in [6.07, 6.45) is 0. The average molecular weight is 1010 g/mol. The summed E-state index contributed by atoms with van der Waals surface area (Å²) in [4.78, 5) is 4.97. The molecule has 0 fully saturated rings. The van der Waals surface area contributed by atoms with Crippen LogP contribution in [-0.2, 0) is 10.8 Å². The molecule has 0 saturated carbocycles. The van der Waals surface area contributed by atoms with Gasteiger partial charge in [0.05, 0.1) is 11.1 Å². The molecule has 1 unspecified atom stereocenters. The highest BCUT2D eigenvalue weighted by molar-refractivity contribution is 7.99. The van der Waals surface area contributed by atoms with E-state index in [9.17, 15) is 0 Å². The molecule has 13 aromatic rings. The van der Waals surface area contributed by atoms with Crippen LogP contribution in [0, 0.1) is 0 Å². The summed E-state index contributed by atoms with van der Waals surface area (Å²) in [7, 11) is 0. The lowest BCUT2D eigenvalue weighted by molar-refractivity contribution is 0.666. The molecule has 0 saturated heterocycles. The van der Waals surface area contributed by atoms with Crippen LogP contribution in [0.5, 0.6) is 0 Å². The summed E-state index contributed by atoms with van der Waals surface area (Å²) in [6, 6.07) is 89.7. The maximum Gasteiger partial charge on any atom is 0.143 e. The van der Waals surface area contributed by atoms with Gasteiger partial charge in [0, 0.05) is 53.5 Å². The van der Waals surface area contributed by atoms with Crippen LogP contribution in [0.15, 0.2) is 257 Å². The second-order valence-electron chi connectivity index (χ2n) is 21.2. The van der Waals surface area contributed by atoms with Gasteiger partial charge in [0.2, 0.25) is 0 Å². The number of furan rings is 1. The largest absolute Gasteiger partial charge is 0.455 e. The predicted octanol–water partition coefficient (Wildman–Crippen LogP) is 20.5. The quantitative estimate of drug-likeness (QED) is 0.171. The van der Waals surface area contributed by atoms with E-state index < -0.39 is 5.41 Å². The molecule has 2 nitrogen and oxygen atoms in total. The van der Waals surface area contributed by atoms with E-state index in [1.165, 1.54) is 98.1 Å². The fraction of sp³-hybridized carbons (Fsp3) is 0.0556. The third kappa shape index (κ3) is 6.07. The Morgan fingerprint density at radius 1 is 0.408 bits per heavy atom. The van der Waals surface area contributed by atoms with Gasteiger partial charge in [-0.1, -0.05) is 213 Å².